The maximum atomic E-state index is 12.4. The van der Waals surface area contributed by atoms with Crippen LogP contribution in [0.3, 0.4) is 0 Å². The molecule has 0 aromatic rings. The van der Waals surface area contributed by atoms with E-state index in [1.165, 1.54) is 6.92 Å². The van der Waals surface area contributed by atoms with E-state index in [1.54, 1.807) is 19.9 Å². The lowest BCUT2D eigenvalue weighted by molar-refractivity contribution is -0.249. The predicted molar refractivity (Wildman–Crippen MR) is 103 cm³/mol. The second-order valence-electron chi connectivity index (χ2n) is 9.10. The van der Waals surface area contributed by atoms with E-state index in [2.05, 4.69) is 6.92 Å². The molecule has 2 saturated carbocycles. The van der Waals surface area contributed by atoms with Gasteiger partial charge in [-0.3, -0.25) is 4.79 Å². The fourth-order valence-electron chi connectivity index (χ4n) is 5.44. The molecule has 0 unspecified atom stereocenters. The van der Waals surface area contributed by atoms with Crippen molar-refractivity contribution in [1.82, 2.24) is 0 Å². The molecule has 0 spiro atoms. The Morgan fingerprint density at radius 3 is 2.57 bits per heavy atom. The first kappa shape index (κ1) is 21.1. The van der Waals surface area contributed by atoms with Gasteiger partial charge in [0.1, 0.15) is 11.7 Å². The topological polar surface area (TPSA) is 82.1 Å². The van der Waals surface area contributed by atoms with Crippen LogP contribution in [0.25, 0.3) is 0 Å². The number of ether oxygens (including phenoxy) is 3. The highest BCUT2D eigenvalue weighted by atomic mass is 16.6. The zero-order valence-corrected chi connectivity index (χ0v) is 17.8. The Balaban J connectivity index is 1.99. The average Bonchev–Trinajstić information content (AvgIpc) is 2.88. The third kappa shape index (κ3) is 3.30. The first-order chi connectivity index (χ1) is 12.9. The second-order valence-corrected chi connectivity index (χ2v) is 9.10. The minimum atomic E-state index is -1.24. The van der Waals surface area contributed by atoms with E-state index in [0.717, 1.165) is 17.6 Å². The van der Waals surface area contributed by atoms with Crippen LogP contribution in [0.4, 0.5) is 0 Å². The van der Waals surface area contributed by atoms with E-state index in [4.69, 9.17) is 14.2 Å². The SMILES string of the molecule is C/C=C(/C)C(=O)O[C@H]1CC[C@]2(C)C[C@]3(O)OCC(C)=C3C[C@H]2[C@@]1(C)OC(C)=O. The fraction of sp³-hybridized carbons (Fsp3) is 0.727. The van der Waals surface area contributed by atoms with Gasteiger partial charge in [-0.25, -0.2) is 4.79 Å². The van der Waals surface area contributed by atoms with Crippen molar-refractivity contribution < 1.29 is 28.9 Å². The van der Waals surface area contributed by atoms with Crippen molar-refractivity contribution in [1.29, 1.82) is 0 Å². The molecule has 0 bridgehead atoms. The first-order valence-corrected chi connectivity index (χ1v) is 10.0. The number of aliphatic hydroxyl groups is 1. The van der Waals surface area contributed by atoms with Crippen molar-refractivity contribution in [3.05, 3.63) is 22.8 Å². The molecule has 156 valence electrons. The van der Waals surface area contributed by atoms with Crippen LogP contribution in [0.5, 0.6) is 0 Å². The molecule has 2 fully saturated rings. The van der Waals surface area contributed by atoms with Gasteiger partial charge < -0.3 is 19.3 Å². The number of carbonyl (C=O) groups excluding carboxylic acids is 2. The van der Waals surface area contributed by atoms with Crippen molar-refractivity contribution >= 4 is 11.9 Å². The summed E-state index contributed by atoms with van der Waals surface area (Å²) in [4.78, 5) is 24.5. The molecular formula is C22H32O6. The van der Waals surface area contributed by atoms with E-state index in [1.807, 2.05) is 13.8 Å². The van der Waals surface area contributed by atoms with Gasteiger partial charge in [-0.1, -0.05) is 13.0 Å². The van der Waals surface area contributed by atoms with Crippen molar-refractivity contribution in [2.24, 2.45) is 11.3 Å². The fourth-order valence-corrected chi connectivity index (χ4v) is 5.44. The number of hydrogen-bond acceptors (Lipinski definition) is 6. The minimum Gasteiger partial charge on any atom is -0.455 e. The lowest BCUT2D eigenvalue weighted by Gasteiger charge is -2.58. The zero-order valence-electron chi connectivity index (χ0n) is 17.8. The molecule has 1 heterocycles. The van der Waals surface area contributed by atoms with Gasteiger partial charge in [0.15, 0.2) is 5.79 Å². The smallest absolute Gasteiger partial charge is 0.333 e. The summed E-state index contributed by atoms with van der Waals surface area (Å²) < 4.78 is 17.4. The van der Waals surface area contributed by atoms with Crippen LogP contribution in [0.15, 0.2) is 22.8 Å². The Kier molecular flexibility index (Phi) is 5.26. The highest BCUT2D eigenvalue weighted by Crippen LogP contribution is 2.61. The monoisotopic (exact) mass is 392 g/mol. The standard InChI is InChI=1S/C22H32O6/c1-7-13(2)19(24)27-18-8-9-20(5)12-22(25)16(14(3)11-26-22)10-17(20)21(18,6)28-15(4)23/h7,17-18,25H,8-12H2,1-6H3/b13-7-/t17-,18+,20-,21-,22+/m1/s1. The van der Waals surface area contributed by atoms with Gasteiger partial charge in [0, 0.05) is 24.8 Å². The number of fused-ring (bicyclic) bond motifs is 2. The van der Waals surface area contributed by atoms with Crippen LogP contribution in [0.2, 0.25) is 0 Å². The Morgan fingerprint density at radius 1 is 1.29 bits per heavy atom. The third-order valence-corrected chi connectivity index (χ3v) is 7.08. The largest absolute Gasteiger partial charge is 0.455 e. The van der Waals surface area contributed by atoms with E-state index >= 15 is 0 Å². The zero-order chi connectivity index (χ0) is 20.9. The van der Waals surface area contributed by atoms with Gasteiger partial charge in [-0.15, -0.1) is 0 Å². The summed E-state index contributed by atoms with van der Waals surface area (Å²) >= 11 is 0. The molecule has 1 aliphatic heterocycles. The Hall–Kier alpha value is -1.66. The molecule has 2 aliphatic carbocycles. The van der Waals surface area contributed by atoms with Crippen LogP contribution in [0, 0.1) is 11.3 Å². The van der Waals surface area contributed by atoms with E-state index in [-0.39, 0.29) is 17.3 Å². The molecule has 6 heteroatoms. The van der Waals surface area contributed by atoms with Gasteiger partial charge in [0.2, 0.25) is 0 Å². The molecule has 6 nitrogen and oxygen atoms in total. The lowest BCUT2D eigenvalue weighted by atomic mass is 9.52. The second kappa shape index (κ2) is 6.99. The average molecular weight is 392 g/mol. The summed E-state index contributed by atoms with van der Waals surface area (Å²) in [7, 11) is 0. The van der Waals surface area contributed by atoms with Gasteiger partial charge in [0.05, 0.1) is 6.61 Å². The van der Waals surface area contributed by atoms with Gasteiger partial charge >= 0.3 is 11.9 Å². The predicted octanol–water partition coefficient (Wildman–Crippen LogP) is 3.43. The number of allylic oxidation sites excluding steroid dienone is 1. The highest BCUT2D eigenvalue weighted by molar-refractivity contribution is 5.87. The van der Waals surface area contributed by atoms with Crippen molar-refractivity contribution in [3.63, 3.8) is 0 Å². The molecule has 3 aliphatic rings. The molecule has 0 aromatic heterocycles. The minimum absolute atomic E-state index is 0.0895. The Labute approximate surface area is 166 Å². The van der Waals surface area contributed by atoms with Gasteiger partial charge in [0.25, 0.3) is 0 Å². The molecule has 0 saturated heterocycles. The summed E-state index contributed by atoms with van der Waals surface area (Å²) in [6, 6.07) is 0. The molecule has 0 aromatic carbocycles. The molecule has 3 rings (SSSR count). The third-order valence-electron chi connectivity index (χ3n) is 7.08. The van der Waals surface area contributed by atoms with E-state index in [9.17, 15) is 14.7 Å². The first-order valence-electron chi connectivity index (χ1n) is 10.0. The van der Waals surface area contributed by atoms with E-state index in [0.29, 0.717) is 31.4 Å². The summed E-state index contributed by atoms with van der Waals surface area (Å²) in [5.74, 6) is -2.11. The number of rotatable bonds is 3. The van der Waals surface area contributed by atoms with Crippen LogP contribution in [-0.2, 0) is 23.8 Å². The molecule has 0 amide bonds. The van der Waals surface area contributed by atoms with E-state index < -0.39 is 23.5 Å². The Bertz CT molecular complexity index is 752. The van der Waals surface area contributed by atoms with Crippen molar-refractivity contribution in [2.75, 3.05) is 6.61 Å². The van der Waals surface area contributed by atoms with Gasteiger partial charge in [-0.2, -0.15) is 0 Å². The van der Waals surface area contributed by atoms with Crippen LogP contribution >= 0.6 is 0 Å². The molecule has 0 radical (unpaired) electrons. The van der Waals surface area contributed by atoms with Crippen LogP contribution in [-0.4, -0.2) is 41.1 Å². The summed E-state index contributed by atoms with van der Waals surface area (Å²) in [6.45, 7) is 11.2. The quantitative estimate of drug-likeness (QED) is 0.450. The Morgan fingerprint density at radius 2 is 1.96 bits per heavy atom. The highest BCUT2D eigenvalue weighted by Gasteiger charge is 2.63. The van der Waals surface area contributed by atoms with Crippen molar-refractivity contribution in [2.45, 2.75) is 84.7 Å². The maximum Gasteiger partial charge on any atom is 0.333 e. The van der Waals surface area contributed by atoms with Crippen LogP contribution < -0.4 is 0 Å². The lowest BCUT2D eigenvalue weighted by Crippen LogP contribution is -2.63. The summed E-state index contributed by atoms with van der Waals surface area (Å²) in [5, 5.41) is 11.1. The summed E-state index contributed by atoms with van der Waals surface area (Å²) in [6.07, 6.45) is 3.49. The maximum absolute atomic E-state index is 12.4. The molecule has 1 N–H and O–H groups in total. The van der Waals surface area contributed by atoms with Gasteiger partial charge in [-0.05, 0) is 63.5 Å². The normalized spacial score (nSPS) is 40.6. The number of carbonyl (C=O) groups is 2. The van der Waals surface area contributed by atoms with Crippen molar-refractivity contribution in [3.8, 4) is 0 Å². The number of hydrogen-bond donors (Lipinski definition) is 1. The number of esters is 2. The molecule has 5 atom stereocenters. The molecular weight excluding hydrogens is 360 g/mol. The summed E-state index contributed by atoms with van der Waals surface area (Å²) in [5.41, 5.74) is 1.16. The molecule has 28 heavy (non-hydrogen) atoms. The van der Waals surface area contributed by atoms with Crippen LogP contribution in [0.1, 0.15) is 67.2 Å².